The van der Waals surface area contributed by atoms with Crippen molar-refractivity contribution in [3.8, 4) is 5.75 Å². The third kappa shape index (κ3) is 1.93. The fourth-order valence-corrected chi connectivity index (χ4v) is 4.26. The average molecular weight is 308 g/mol. The number of hydrogen-bond donors (Lipinski definition) is 1. The standard InChI is InChI=1S/C16H18F2N2O2/c1-20-7-6-15(5-4-11(21)9-14(15)20)10-2-3-12-13(8-10)22-16(17,18)19-12/h2-3,8,14,19H,4-7,9H2,1H3/t14-,15-/m0/s1. The summed E-state index contributed by atoms with van der Waals surface area (Å²) in [4.78, 5) is 14.1. The summed E-state index contributed by atoms with van der Waals surface area (Å²) < 4.78 is 31.3. The van der Waals surface area contributed by atoms with Gasteiger partial charge in [0, 0.05) is 24.3 Å². The number of likely N-dealkylation sites (N-methyl/N-ethyl adjacent to an activating group) is 1. The summed E-state index contributed by atoms with van der Waals surface area (Å²) in [5.41, 5.74) is 1.20. The molecule has 1 aromatic carbocycles. The zero-order chi connectivity index (χ0) is 15.5. The maximum Gasteiger partial charge on any atom is 0.494 e. The minimum atomic E-state index is -3.34. The van der Waals surface area contributed by atoms with Gasteiger partial charge >= 0.3 is 6.23 Å². The molecule has 0 bridgehead atoms. The molecule has 2 heterocycles. The van der Waals surface area contributed by atoms with Crippen LogP contribution in [-0.4, -0.2) is 36.5 Å². The monoisotopic (exact) mass is 308 g/mol. The Hall–Kier alpha value is -1.69. The predicted octanol–water partition coefficient (Wildman–Crippen LogP) is 2.74. The molecule has 0 aromatic heterocycles. The van der Waals surface area contributed by atoms with Crippen LogP contribution in [0.5, 0.6) is 5.75 Å². The van der Waals surface area contributed by atoms with E-state index in [1.807, 2.05) is 13.1 Å². The minimum absolute atomic E-state index is 0.126. The summed E-state index contributed by atoms with van der Waals surface area (Å²) in [6.07, 6.45) is -0.500. The van der Waals surface area contributed by atoms with Crippen molar-refractivity contribution in [3.05, 3.63) is 23.8 Å². The number of nitrogens with zero attached hydrogens (tertiary/aromatic N) is 1. The first kappa shape index (κ1) is 13.9. The van der Waals surface area contributed by atoms with E-state index >= 15 is 0 Å². The van der Waals surface area contributed by atoms with Crippen molar-refractivity contribution in [3.63, 3.8) is 0 Å². The van der Waals surface area contributed by atoms with E-state index in [1.165, 1.54) is 0 Å². The summed E-state index contributed by atoms with van der Waals surface area (Å²) in [5.74, 6) is 0.488. The minimum Gasteiger partial charge on any atom is -0.413 e. The number of ether oxygens (including phenoxy) is 1. The first-order valence-corrected chi connectivity index (χ1v) is 7.61. The Morgan fingerprint density at radius 2 is 2.18 bits per heavy atom. The highest BCUT2D eigenvalue weighted by molar-refractivity contribution is 5.81. The summed E-state index contributed by atoms with van der Waals surface area (Å²) in [7, 11) is 2.03. The van der Waals surface area contributed by atoms with Crippen LogP contribution in [0.25, 0.3) is 0 Å². The van der Waals surface area contributed by atoms with Crippen molar-refractivity contribution in [2.24, 2.45) is 0 Å². The number of nitrogens with one attached hydrogen (secondary N) is 1. The lowest BCUT2D eigenvalue weighted by atomic mass is 9.66. The number of anilines is 1. The Balaban J connectivity index is 1.74. The maximum absolute atomic E-state index is 13.3. The topological polar surface area (TPSA) is 41.6 Å². The molecule has 1 saturated heterocycles. The number of benzene rings is 1. The van der Waals surface area contributed by atoms with Crippen LogP contribution in [0, 0.1) is 0 Å². The molecule has 1 N–H and O–H groups in total. The number of hydrogen-bond acceptors (Lipinski definition) is 4. The van der Waals surface area contributed by atoms with E-state index in [1.54, 1.807) is 12.1 Å². The van der Waals surface area contributed by atoms with E-state index in [0.717, 1.165) is 24.9 Å². The third-order valence-corrected chi connectivity index (χ3v) is 5.43. The fourth-order valence-electron chi connectivity index (χ4n) is 4.26. The first-order chi connectivity index (χ1) is 10.4. The van der Waals surface area contributed by atoms with Gasteiger partial charge in [0.25, 0.3) is 0 Å². The van der Waals surface area contributed by atoms with Crippen LogP contribution >= 0.6 is 0 Å². The second kappa shape index (κ2) is 4.41. The summed E-state index contributed by atoms with van der Waals surface area (Å²) in [5, 5.41) is 2.06. The lowest BCUT2D eigenvalue weighted by Gasteiger charge is -2.41. The molecule has 1 saturated carbocycles. The number of alkyl halides is 2. The second-order valence-corrected chi connectivity index (χ2v) is 6.60. The smallest absolute Gasteiger partial charge is 0.413 e. The molecular weight excluding hydrogens is 290 g/mol. The SMILES string of the molecule is CN1CC[C@]2(c3ccc4c(c3)OC(F)(F)N4)CCC(=O)C[C@H]12. The van der Waals surface area contributed by atoms with Gasteiger partial charge in [0.2, 0.25) is 0 Å². The molecule has 118 valence electrons. The van der Waals surface area contributed by atoms with Crippen LogP contribution in [0.3, 0.4) is 0 Å². The van der Waals surface area contributed by atoms with Crippen LogP contribution in [-0.2, 0) is 10.2 Å². The molecule has 0 spiro atoms. The molecule has 2 fully saturated rings. The molecule has 0 unspecified atom stereocenters. The molecule has 0 amide bonds. The zero-order valence-corrected chi connectivity index (χ0v) is 12.4. The molecule has 1 aromatic rings. The van der Waals surface area contributed by atoms with Gasteiger partial charge in [-0.3, -0.25) is 10.1 Å². The van der Waals surface area contributed by atoms with Crippen molar-refractivity contribution in [2.75, 3.05) is 18.9 Å². The van der Waals surface area contributed by atoms with Crippen molar-refractivity contribution < 1.29 is 18.3 Å². The van der Waals surface area contributed by atoms with Gasteiger partial charge in [-0.15, -0.1) is 8.78 Å². The van der Waals surface area contributed by atoms with Crippen LogP contribution in [0.15, 0.2) is 18.2 Å². The van der Waals surface area contributed by atoms with Gasteiger partial charge in [-0.1, -0.05) is 6.07 Å². The van der Waals surface area contributed by atoms with Gasteiger partial charge in [0.05, 0.1) is 5.69 Å². The molecule has 1 aliphatic carbocycles. The Morgan fingerprint density at radius 3 is 3.00 bits per heavy atom. The largest absolute Gasteiger partial charge is 0.494 e. The highest BCUT2D eigenvalue weighted by atomic mass is 19.3. The van der Waals surface area contributed by atoms with Crippen LogP contribution < -0.4 is 10.1 Å². The maximum atomic E-state index is 13.3. The van der Waals surface area contributed by atoms with E-state index in [0.29, 0.717) is 24.3 Å². The summed E-state index contributed by atoms with van der Waals surface area (Å²) in [6, 6.07) is 5.44. The molecule has 2 atom stereocenters. The second-order valence-electron chi connectivity index (χ2n) is 6.60. The van der Waals surface area contributed by atoms with Gasteiger partial charge in [-0.25, -0.2) is 0 Å². The number of carbonyl (C=O) groups excluding carboxylic acids is 1. The molecule has 4 nitrogen and oxygen atoms in total. The van der Waals surface area contributed by atoms with E-state index in [9.17, 15) is 13.6 Å². The third-order valence-electron chi connectivity index (χ3n) is 5.43. The molecule has 4 rings (SSSR count). The Morgan fingerprint density at radius 1 is 1.36 bits per heavy atom. The highest BCUT2D eigenvalue weighted by Gasteiger charge is 2.51. The molecule has 3 aliphatic rings. The van der Waals surface area contributed by atoms with Gasteiger partial charge in [0.15, 0.2) is 5.75 Å². The number of ketones is 1. The Kier molecular flexibility index (Phi) is 2.79. The predicted molar refractivity (Wildman–Crippen MR) is 77.2 cm³/mol. The summed E-state index contributed by atoms with van der Waals surface area (Å²) in [6.45, 7) is 0.921. The molecule has 0 radical (unpaired) electrons. The first-order valence-electron chi connectivity index (χ1n) is 7.61. The van der Waals surface area contributed by atoms with Crippen molar-refractivity contribution >= 4 is 11.5 Å². The lowest BCUT2D eigenvalue weighted by molar-refractivity contribution is -0.138. The number of halogens is 2. The van der Waals surface area contributed by atoms with Crippen LogP contribution in [0.1, 0.15) is 31.2 Å². The van der Waals surface area contributed by atoms with E-state index in [-0.39, 0.29) is 17.2 Å². The highest BCUT2D eigenvalue weighted by Crippen LogP contribution is 2.50. The van der Waals surface area contributed by atoms with Crippen molar-refractivity contribution in [1.82, 2.24) is 4.90 Å². The van der Waals surface area contributed by atoms with Crippen molar-refractivity contribution in [1.29, 1.82) is 0 Å². The van der Waals surface area contributed by atoms with Gasteiger partial charge in [-0.05, 0) is 44.1 Å². The van der Waals surface area contributed by atoms with E-state index in [4.69, 9.17) is 4.74 Å². The van der Waals surface area contributed by atoms with Crippen LogP contribution in [0.2, 0.25) is 0 Å². The Labute approximate surface area is 127 Å². The molecular formula is C16H18F2N2O2. The number of fused-ring (bicyclic) bond motifs is 2. The number of likely N-dealkylation sites (tertiary alicyclic amines) is 1. The number of Topliss-reactive ketones (excluding diaryl/α,β-unsaturated/α-hetero) is 1. The average Bonchev–Trinajstić information content (AvgIpc) is 2.95. The van der Waals surface area contributed by atoms with Crippen molar-refractivity contribution in [2.45, 2.75) is 43.4 Å². The van der Waals surface area contributed by atoms with Gasteiger partial charge < -0.3 is 9.64 Å². The zero-order valence-electron chi connectivity index (χ0n) is 12.4. The lowest BCUT2D eigenvalue weighted by Crippen LogP contribution is -2.46. The number of carbonyl (C=O) groups is 1. The Bertz CT molecular complexity index is 649. The summed E-state index contributed by atoms with van der Waals surface area (Å²) >= 11 is 0. The molecule has 6 heteroatoms. The normalized spacial score (nSPS) is 33.0. The fraction of sp³-hybridized carbons (Fsp3) is 0.562. The van der Waals surface area contributed by atoms with Gasteiger partial charge in [0.1, 0.15) is 5.78 Å². The van der Waals surface area contributed by atoms with E-state index in [2.05, 4.69) is 10.2 Å². The molecule has 22 heavy (non-hydrogen) atoms. The quantitative estimate of drug-likeness (QED) is 0.810. The van der Waals surface area contributed by atoms with E-state index < -0.39 is 6.23 Å². The van der Waals surface area contributed by atoms with Gasteiger partial charge in [-0.2, -0.15) is 0 Å². The number of rotatable bonds is 1. The molecule has 2 aliphatic heterocycles. The van der Waals surface area contributed by atoms with Crippen LogP contribution in [0.4, 0.5) is 14.5 Å².